The lowest BCUT2D eigenvalue weighted by Gasteiger charge is -2.14. The smallest absolute Gasteiger partial charge is 0.266 e. The molecule has 26 heavy (non-hydrogen) atoms. The maximum absolute atomic E-state index is 12.4. The fourth-order valence-corrected chi connectivity index (χ4v) is 3.99. The molecular formula is C19H21N3O2S2. The van der Waals surface area contributed by atoms with Crippen LogP contribution in [0.3, 0.4) is 0 Å². The monoisotopic (exact) mass is 387 g/mol. The summed E-state index contributed by atoms with van der Waals surface area (Å²) < 4.78 is 6.64. The number of hydrogen-bond donors (Lipinski definition) is 1. The minimum Gasteiger partial charge on any atom is -0.481 e. The average Bonchev–Trinajstić information content (AvgIpc) is 3.07. The minimum absolute atomic E-state index is 0.241. The van der Waals surface area contributed by atoms with Gasteiger partial charge in [0, 0.05) is 5.75 Å². The quantitative estimate of drug-likeness (QED) is 0.464. The van der Waals surface area contributed by atoms with Crippen LogP contribution < -0.4 is 10.1 Å². The third kappa shape index (κ3) is 4.95. The Morgan fingerprint density at radius 3 is 2.69 bits per heavy atom. The predicted octanol–water partition coefficient (Wildman–Crippen LogP) is 4.85. The highest BCUT2D eigenvalue weighted by molar-refractivity contribution is 8.01. The van der Waals surface area contributed by atoms with Crippen LogP contribution in [0.5, 0.6) is 5.75 Å². The van der Waals surface area contributed by atoms with Crippen molar-refractivity contribution in [3.05, 3.63) is 42.5 Å². The zero-order valence-electron chi connectivity index (χ0n) is 14.9. The number of nitrogens with one attached hydrogen (secondary N) is 1. The van der Waals surface area contributed by atoms with Crippen LogP contribution in [0.2, 0.25) is 0 Å². The van der Waals surface area contributed by atoms with Crippen LogP contribution in [-0.2, 0) is 4.79 Å². The number of fused-ring (bicyclic) bond motifs is 1. The van der Waals surface area contributed by atoms with Crippen LogP contribution in [0, 0.1) is 5.92 Å². The van der Waals surface area contributed by atoms with Crippen molar-refractivity contribution in [1.82, 2.24) is 10.2 Å². The standard InChI is InChI=1S/C19H21N3O2S2/c1-12(2)11-25-19-22-21-18(26-19)20-17(23)13(3)24-16-9-8-14-6-4-5-7-15(14)10-16/h4-10,12-13H,11H2,1-3H3,(H,20,21,23)/t13-/m0/s1. The predicted molar refractivity (Wildman–Crippen MR) is 108 cm³/mol. The van der Waals surface area contributed by atoms with E-state index in [0.29, 0.717) is 16.8 Å². The number of thioether (sulfide) groups is 1. The Hall–Kier alpha value is -2.12. The van der Waals surface area contributed by atoms with E-state index in [4.69, 9.17) is 4.74 Å². The van der Waals surface area contributed by atoms with E-state index in [1.807, 2.05) is 42.5 Å². The van der Waals surface area contributed by atoms with Gasteiger partial charge in [-0.05, 0) is 35.7 Å². The molecule has 7 heteroatoms. The lowest BCUT2D eigenvalue weighted by molar-refractivity contribution is -0.122. The number of rotatable bonds is 7. The summed E-state index contributed by atoms with van der Waals surface area (Å²) in [5.74, 6) is 1.98. The SMILES string of the molecule is CC(C)CSc1nnc(NC(=O)[C@H](C)Oc2ccc3ccccc3c2)s1. The van der Waals surface area contributed by atoms with Gasteiger partial charge in [0.1, 0.15) is 5.75 Å². The van der Waals surface area contributed by atoms with Gasteiger partial charge in [-0.1, -0.05) is 67.3 Å². The molecule has 5 nitrogen and oxygen atoms in total. The summed E-state index contributed by atoms with van der Waals surface area (Å²) in [4.78, 5) is 12.4. The molecule has 0 aliphatic heterocycles. The Morgan fingerprint density at radius 1 is 1.15 bits per heavy atom. The molecule has 3 aromatic rings. The zero-order valence-corrected chi connectivity index (χ0v) is 16.6. The van der Waals surface area contributed by atoms with Gasteiger partial charge < -0.3 is 4.74 Å². The van der Waals surface area contributed by atoms with E-state index >= 15 is 0 Å². The van der Waals surface area contributed by atoms with Gasteiger partial charge in [0.15, 0.2) is 10.4 Å². The first-order valence-electron chi connectivity index (χ1n) is 8.44. The summed E-state index contributed by atoms with van der Waals surface area (Å²) in [5.41, 5.74) is 0. The van der Waals surface area contributed by atoms with Gasteiger partial charge >= 0.3 is 0 Å². The third-order valence-corrected chi connectivity index (χ3v) is 5.98. The molecule has 0 radical (unpaired) electrons. The molecule has 0 unspecified atom stereocenters. The molecule has 0 fully saturated rings. The van der Waals surface area contributed by atoms with E-state index in [2.05, 4.69) is 29.4 Å². The molecular weight excluding hydrogens is 366 g/mol. The highest BCUT2D eigenvalue weighted by Gasteiger charge is 2.17. The average molecular weight is 388 g/mol. The number of benzene rings is 2. The Bertz CT molecular complexity index is 895. The van der Waals surface area contributed by atoms with Gasteiger partial charge in [-0.2, -0.15) is 0 Å². The summed E-state index contributed by atoms with van der Waals surface area (Å²) in [6.07, 6.45) is -0.633. The van der Waals surface area contributed by atoms with E-state index in [9.17, 15) is 4.79 Å². The van der Waals surface area contributed by atoms with Crippen LogP contribution in [0.25, 0.3) is 10.8 Å². The molecule has 136 valence electrons. The normalized spacial score (nSPS) is 12.3. The van der Waals surface area contributed by atoms with Crippen molar-refractivity contribution in [2.45, 2.75) is 31.2 Å². The Labute approximate surface area is 161 Å². The van der Waals surface area contributed by atoms with Crippen molar-refractivity contribution in [3.8, 4) is 5.75 Å². The second kappa shape index (κ2) is 8.51. The highest BCUT2D eigenvalue weighted by atomic mass is 32.2. The third-order valence-electron chi connectivity index (χ3n) is 3.58. The fraction of sp³-hybridized carbons (Fsp3) is 0.316. The van der Waals surface area contributed by atoms with Crippen molar-refractivity contribution >= 4 is 44.9 Å². The van der Waals surface area contributed by atoms with Crippen LogP contribution in [0.4, 0.5) is 5.13 Å². The van der Waals surface area contributed by atoms with Gasteiger partial charge in [-0.25, -0.2) is 0 Å². The minimum atomic E-state index is -0.633. The summed E-state index contributed by atoms with van der Waals surface area (Å²) >= 11 is 3.03. The first-order chi connectivity index (χ1) is 12.5. The molecule has 0 saturated heterocycles. The molecule has 1 amide bonds. The molecule has 0 bridgehead atoms. The topological polar surface area (TPSA) is 64.1 Å². The number of amides is 1. The summed E-state index contributed by atoms with van der Waals surface area (Å²) in [6.45, 7) is 6.03. The number of nitrogens with zero attached hydrogens (tertiary/aromatic N) is 2. The van der Waals surface area contributed by atoms with Gasteiger partial charge in [0.2, 0.25) is 5.13 Å². The largest absolute Gasteiger partial charge is 0.481 e. The van der Waals surface area contributed by atoms with Crippen LogP contribution in [-0.4, -0.2) is 28.0 Å². The summed E-state index contributed by atoms with van der Waals surface area (Å²) in [6, 6.07) is 13.8. The molecule has 1 heterocycles. The lowest BCUT2D eigenvalue weighted by atomic mass is 10.1. The van der Waals surface area contributed by atoms with E-state index in [0.717, 1.165) is 20.9 Å². The van der Waals surface area contributed by atoms with Gasteiger partial charge in [0.05, 0.1) is 0 Å². The molecule has 0 aliphatic rings. The van der Waals surface area contributed by atoms with Crippen molar-refractivity contribution in [1.29, 1.82) is 0 Å². The van der Waals surface area contributed by atoms with Crippen LogP contribution in [0.1, 0.15) is 20.8 Å². The van der Waals surface area contributed by atoms with Crippen molar-refractivity contribution < 1.29 is 9.53 Å². The number of carbonyl (C=O) groups is 1. The Balaban J connectivity index is 1.58. The molecule has 1 N–H and O–H groups in total. The number of anilines is 1. The zero-order chi connectivity index (χ0) is 18.5. The maximum atomic E-state index is 12.4. The molecule has 1 aromatic heterocycles. The first-order valence-corrected chi connectivity index (χ1v) is 10.2. The van der Waals surface area contributed by atoms with Gasteiger partial charge in [-0.3, -0.25) is 10.1 Å². The van der Waals surface area contributed by atoms with E-state index in [1.165, 1.54) is 11.3 Å². The second-order valence-electron chi connectivity index (χ2n) is 6.34. The molecule has 0 aliphatic carbocycles. The molecule has 3 rings (SSSR count). The van der Waals surface area contributed by atoms with E-state index in [1.54, 1.807) is 18.7 Å². The molecule has 0 saturated carbocycles. The number of ether oxygens (including phenoxy) is 1. The van der Waals surface area contributed by atoms with E-state index < -0.39 is 6.10 Å². The van der Waals surface area contributed by atoms with Crippen molar-refractivity contribution in [2.75, 3.05) is 11.1 Å². The van der Waals surface area contributed by atoms with Crippen molar-refractivity contribution in [3.63, 3.8) is 0 Å². The molecule has 2 aromatic carbocycles. The van der Waals surface area contributed by atoms with Crippen LogP contribution >= 0.6 is 23.1 Å². The van der Waals surface area contributed by atoms with E-state index in [-0.39, 0.29) is 5.91 Å². The number of hydrogen-bond acceptors (Lipinski definition) is 6. The fourth-order valence-electron chi connectivity index (χ4n) is 2.26. The summed E-state index contributed by atoms with van der Waals surface area (Å²) in [5, 5.41) is 13.6. The lowest BCUT2D eigenvalue weighted by Crippen LogP contribution is -2.30. The van der Waals surface area contributed by atoms with Crippen LogP contribution in [0.15, 0.2) is 46.8 Å². The van der Waals surface area contributed by atoms with Crippen molar-refractivity contribution in [2.24, 2.45) is 5.92 Å². The Kier molecular flexibility index (Phi) is 6.11. The molecule has 1 atom stereocenters. The second-order valence-corrected chi connectivity index (χ2v) is 8.58. The summed E-state index contributed by atoms with van der Waals surface area (Å²) in [7, 11) is 0. The van der Waals surface area contributed by atoms with Gasteiger partial charge in [-0.15, -0.1) is 10.2 Å². The molecule has 0 spiro atoms. The van der Waals surface area contributed by atoms with Gasteiger partial charge in [0.25, 0.3) is 5.91 Å². The number of carbonyl (C=O) groups excluding carboxylic acids is 1. The Morgan fingerprint density at radius 2 is 1.92 bits per heavy atom. The first kappa shape index (κ1) is 18.7. The number of aromatic nitrogens is 2. The maximum Gasteiger partial charge on any atom is 0.266 e. The highest BCUT2D eigenvalue weighted by Crippen LogP contribution is 2.27.